The van der Waals surface area contributed by atoms with Crippen molar-refractivity contribution in [1.29, 1.82) is 0 Å². The molecule has 1 aromatic heterocycles. The minimum atomic E-state index is -0.0538. The van der Waals surface area contributed by atoms with Crippen LogP contribution in [-0.4, -0.2) is 33.9 Å². The summed E-state index contributed by atoms with van der Waals surface area (Å²) in [5, 5.41) is 0. The van der Waals surface area contributed by atoms with Gasteiger partial charge in [0.05, 0.1) is 0 Å². The Bertz CT molecular complexity index is 282. The summed E-state index contributed by atoms with van der Waals surface area (Å²) in [6.07, 6.45) is 4.26. The van der Waals surface area contributed by atoms with Crippen molar-refractivity contribution in [1.82, 2.24) is 14.9 Å². The molecule has 4 nitrogen and oxygen atoms in total. The molecule has 1 aliphatic rings. The first kappa shape index (κ1) is 7.21. The summed E-state index contributed by atoms with van der Waals surface area (Å²) in [5.74, 6) is 0.249. The van der Waals surface area contributed by atoms with Crippen molar-refractivity contribution in [2.45, 2.75) is 6.42 Å². The largest absolute Gasteiger partial charge is 0.336 e. The van der Waals surface area contributed by atoms with Crippen molar-refractivity contribution in [3.05, 3.63) is 24.3 Å². The first-order valence-corrected chi connectivity index (χ1v) is 3.94. The molecule has 0 aliphatic carbocycles. The van der Waals surface area contributed by atoms with E-state index in [1.165, 1.54) is 0 Å². The van der Waals surface area contributed by atoms with Gasteiger partial charge >= 0.3 is 0 Å². The quantitative estimate of drug-likeness (QED) is 0.599. The highest BCUT2D eigenvalue weighted by atomic mass is 16.2. The van der Waals surface area contributed by atoms with E-state index in [0.29, 0.717) is 5.82 Å². The number of nitrogens with zero attached hydrogens (tertiary/aromatic N) is 3. The van der Waals surface area contributed by atoms with Crippen molar-refractivity contribution in [3.63, 3.8) is 0 Å². The van der Waals surface area contributed by atoms with Gasteiger partial charge in [-0.1, -0.05) is 0 Å². The molecule has 1 saturated heterocycles. The summed E-state index contributed by atoms with van der Waals surface area (Å²) in [6, 6.07) is 1.70. The van der Waals surface area contributed by atoms with Gasteiger partial charge in [0.25, 0.3) is 5.91 Å². The number of carbonyl (C=O) groups is 1. The second kappa shape index (κ2) is 2.89. The number of carbonyl (C=O) groups excluding carboxylic acids is 1. The van der Waals surface area contributed by atoms with Crippen LogP contribution < -0.4 is 0 Å². The summed E-state index contributed by atoms with van der Waals surface area (Å²) in [7, 11) is 0. The van der Waals surface area contributed by atoms with Crippen molar-refractivity contribution in [2.24, 2.45) is 0 Å². The molecule has 0 unspecified atom stereocenters. The SMILES string of the molecule is O=C(c1ncccn1)N1CCC1. The number of amides is 1. The normalized spacial score (nSPS) is 15.5. The Hall–Kier alpha value is -1.45. The van der Waals surface area contributed by atoms with Gasteiger partial charge in [0.1, 0.15) is 0 Å². The lowest BCUT2D eigenvalue weighted by molar-refractivity contribution is 0.0639. The van der Waals surface area contributed by atoms with E-state index in [1.54, 1.807) is 23.4 Å². The first-order chi connectivity index (χ1) is 5.88. The second-order valence-electron chi connectivity index (χ2n) is 2.72. The third-order valence-corrected chi connectivity index (χ3v) is 1.90. The van der Waals surface area contributed by atoms with Gasteiger partial charge in [0.15, 0.2) is 0 Å². The van der Waals surface area contributed by atoms with Gasteiger partial charge in [-0.2, -0.15) is 0 Å². The average molecular weight is 163 g/mol. The van der Waals surface area contributed by atoms with Crippen LogP contribution in [0.2, 0.25) is 0 Å². The Balaban J connectivity index is 2.14. The summed E-state index contributed by atoms with van der Waals surface area (Å²) >= 11 is 0. The Labute approximate surface area is 70.2 Å². The van der Waals surface area contributed by atoms with E-state index in [1.807, 2.05) is 0 Å². The van der Waals surface area contributed by atoms with Crippen LogP contribution in [0.4, 0.5) is 0 Å². The molecule has 0 radical (unpaired) electrons. The first-order valence-electron chi connectivity index (χ1n) is 3.94. The van der Waals surface area contributed by atoms with Crippen LogP contribution >= 0.6 is 0 Å². The topological polar surface area (TPSA) is 46.1 Å². The van der Waals surface area contributed by atoms with Crippen molar-refractivity contribution in [3.8, 4) is 0 Å². The predicted molar refractivity (Wildman–Crippen MR) is 42.6 cm³/mol. The van der Waals surface area contributed by atoms with Crippen molar-refractivity contribution < 1.29 is 4.79 Å². The number of rotatable bonds is 1. The van der Waals surface area contributed by atoms with E-state index in [2.05, 4.69) is 9.97 Å². The van der Waals surface area contributed by atoms with Gasteiger partial charge in [0.2, 0.25) is 5.82 Å². The third kappa shape index (κ3) is 1.15. The fraction of sp³-hybridized carbons (Fsp3) is 0.375. The van der Waals surface area contributed by atoms with Gasteiger partial charge in [0, 0.05) is 25.5 Å². The lowest BCUT2D eigenvalue weighted by atomic mass is 10.2. The zero-order valence-corrected chi connectivity index (χ0v) is 6.60. The second-order valence-corrected chi connectivity index (χ2v) is 2.72. The molecule has 0 saturated carbocycles. The molecule has 0 atom stereocenters. The summed E-state index contributed by atoms with van der Waals surface area (Å²) in [5.41, 5.74) is 0. The molecule has 0 bridgehead atoms. The van der Waals surface area contributed by atoms with Gasteiger partial charge < -0.3 is 4.90 Å². The molecule has 0 N–H and O–H groups in total. The highest BCUT2D eigenvalue weighted by molar-refractivity contribution is 5.90. The van der Waals surface area contributed by atoms with E-state index in [4.69, 9.17) is 0 Å². The summed E-state index contributed by atoms with van der Waals surface area (Å²) < 4.78 is 0. The predicted octanol–water partition coefficient (Wildman–Crippen LogP) is 0.322. The number of aromatic nitrogens is 2. The zero-order valence-electron chi connectivity index (χ0n) is 6.60. The molecule has 12 heavy (non-hydrogen) atoms. The van der Waals surface area contributed by atoms with Crippen LogP contribution in [0.1, 0.15) is 17.0 Å². The fourth-order valence-electron chi connectivity index (χ4n) is 1.07. The Kier molecular flexibility index (Phi) is 1.74. The van der Waals surface area contributed by atoms with E-state index in [9.17, 15) is 4.79 Å². The average Bonchev–Trinajstić information content (AvgIpc) is 2.03. The molecule has 0 aromatic carbocycles. The number of hydrogen-bond donors (Lipinski definition) is 0. The lowest BCUT2D eigenvalue weighted by Crippen LogP contribution is -2.42. The summed E-state index contributed by atoms with van der Waals surface area (Å²) in [6.45, 7) is 1.69. The van der Waals surface area contributed by atoms with Crippen molar-refractivity contribution in [2.75, 3.05) is 13.1 Å². The molecule has 4 heteroatoms. The Morgan fingerprint density at radius 2 is 2.00 bits per heavy atom. The molecule has 2 heterocycles. The maximum atomic E-state index is 11.4. The fourth-order valence-corrected chi connectivity index (χ4v) is 1.07. The molecular formula is C8H9N3O. The van der Waals surface area contributed by atoms with Crippen LogP contribution in [-0.2, 0) is 0 Å². The highest BCUT2D eigenvalue weighted by Crippen LogP contribution is 2.08. The number of likely N-dealkylation sites (tertiary alicyclic amines) is 1. The van der Waals surface area contributed by atoms with Crippen LogP contribution in [0, 0.1) is 0 Å². The van der Waals surface area contributed by atoms with Gasteiger partial charge in [-0.15, -0.1) is 0 Å². The third-order valence-electron chi connectivity index (χ3n) is 1.90. The standard InChI is InChI=1S/C8H9N3O/c12-8(11-5-2-6-11)7-9-3-1-4-10-7/h1,3-4H,2,5-6H2. The maximum absolute atomic E-state index is 11.4. The zero-order chi connectivity index (χ0) is 8.39. The number of hydrogen-bond acceptors (Lipinski definition) is 3. The minimum absolute atomic E-state index is 0.0538. The van der Waals surface area contributed by atoms with Gasteiger partial charge in [-0.3, -0.25) is 4.79 Å². The van der Waals surface area contributed by atoms with Crippen molar-refractivity contribution >= 4 is 5.91 Å². The van der Waals surface area contributed by atoms with E-state index in [-0.39, 0.29) is 5.91 Å². The van der Waals surface area contributed by atoms with Crippen LogP contribution in [0.3, 0.4) is 0 Å². The summed E-state index contributed by atoms with van der Waals surface area (Å²) in [4.78, 5) is 20.9. The van der Waals surface area contributed by atoms with Crippen LogP contribution in [0.5, 0.6) is 0 Å². The highest BCUT2D eigenvalue weighted by Gasteiger charge is 2.22. The molecule has 1 amide bonds. The molecule has 62 valence electrons. The Morgan fingerprint density at radius 3 is 2.50 bits per heavy atom. The van der Waals surface area contributed by atoms with E-state index < -0.39 is 0 Å². The van der Waals surface area contributed by atoms with E-state index in [0.717, 1.165) is 19.5 Å². The van der Waals surface area contributed by atoms with Gasteiger partial charge in [-0.25, -0.2) is 9.97 Å². The maximum Gasteiger partial charge on any atom is 0.291 e. The minimum Gasteiger partial charge on any atom is -0.336 e. The van der Waals surface area contributed by atoms with E-state index >= 15 is 0 Å². The molecule has 1 aromatic rings. The van der Waals surface area contributed by atoms with Gasteiger partial charge in [-0.05, 0) is 12.5 Å². The molecule has 0 spiro atoms. The molecule has 1 aliphatic heterocycles. The van der Waals surface area contributed by atoms with Crippen LogP contribution in [0.15, 0.2) is 18.5 Å². The molecule has 1 fully saturated rings. The monoisotopic (exact) mass is 163 g/mol. The molecular weight excluding hydrogens is 154 g/mol. The smallest absolute Gasteiger partial charge is 0.291 e. The Morgan fingerprint density at radius 1 is 1.33 bits per heavy atom. The molecule has 2 rings (SSSR count). The van der Waals surface area contributed by atoms with Crippen LogP contribution in [0.25, 0.3) is 0 Å². The lowest BCUT2D eigenvalue weighted by Gasteiger charge is -2.29.